The summed E-state index contributed by atoms with van der Waals surface area (Å²) in [7, 11) is 0. The number of hydrogen-bond donors (Lipinski definition) is 7. The molecule has 0 fully saturated rings. The van der Waals surface area contributed by atoms with E-state index in [0.29, 0.717) is 25.8 Å². The third kappa shape index (κ3) is 11.4. The molecule has 0 saturated carbocycles. The van der Waals surface area contributed by atoms with Gasteiger partial charge in [0.15, 0.2) is 0 Å². The maximum atomic E-state index is 13.0. The molecule has 12 heteroatoms. The molecule has 4 amide bonds. The molecule has 0 aromatic rings. The number of primary amides is 1. The van der Waals surface area contributed by atoms with Crippen LogP contribution in [0.1, 0.15) is 66.2 Å². The van der Waals surface area contributed by atoms with Crippen molar-refractivity contribution in [3.05, 3.63) is 0 Å². The fourth-order valence-corrected chi connectivity index (χ4v) is 3.14. The van der Waals surface area contributed by atoms with Crippen molar-refractivity contribution in [2.24, 2.45) is 29.0 Å². The molecule has 0 radical (unpaired) electrons. The zero-order valence-electron chi connectivity index (χ0n) is 20.6. The van der Waals surface area contributed by atoms with Gasteiger partial charge < -0.3 is 38.3 Å². The molecule has 0 heterocycles. The van der Waals surface area contributed by atoms with Crippen molar-refractivity contribution in [1.29, 1.82) is 0 Å². The number of unbranched alkanes of at least 4 members (excludes halogenated alkanes) is 1. The van der Waals surface area contributed by atoms with Crippen molar-refractivity contribution >= 4 is 29.6 Å². The average Bonchev–Trinajstić information content (AvgIpc) is 2.77. The molecule has 0 aliphatic heterocycles. The number of carboxylic acids is 1. The van der Waals surface area contributed by atoms with Crippen LogP contribution in [0, 0.1) is 11.8 Å². The molecule has 0 saturated heterocycles. The van der Waals surface area contributed by atoms with Gasteiger partial charge in [0, 0.05) is 6.42 Å². The Hall–Kier alpha value is -2.73. The van der Waals surface area contributed by atoms with E-state index in [-0.39, 0.29) is 25.2 Å². The van der Waals surface area contributed by atoms with Gasteiger partial charge in [-0.05, 0) is 44.1 Å². The highest BCUT2D eigenvalue weighted by Gasteiger charge is 2.31. The summed E-state index contributed by atoms with van der Waals surface area (Å²) in [4.78, 5) is 61.1. The Labute approximate surface area is 201 Å². The lowest BCUT2D eigenvalue weighted by Crippen LogP contribution is -2.58. The van der Waals surface area contributed by atoms with Gasteiger partial charge in [-0.3, -0.25) is 19.2 Å². The van der Waals surface area contributed by atoms with Crippen LogP contribution in [0.2, 0.25) is 0 Å². The summed E-state index contributed by atoms with van der Waals surface area (Å²) >= 11 is 0. The minimum Gasteiger partial charge on any atom is -0.480 e. The minimum atomic E-state index is -1.23. The van der Waals surface area contributed by atoms with Crippen molar-refractivity contribution in [2.45, 2.75) is 90.4 Å². The number of nitrogens with one attached hydrogen (secondary N) is 3. The van der Waals surface area contributed by atoms with E-state index in [1.54, 1.807) is 13.8 Å². The van der Waals surface area contributed by atoms with Gasteiger partial charge in [0.2, 0.25) is 23.6 Å². The lowest BCUT2D eigenvalue weighted by atomic mass is 9.98. The monoisotopic (exact) mass is 486 g/mol. The van der Waals surface area contributed by atoms with E-state index in [0.717, 1.165) is 0 Å². The van der Waals surface area contributed by atoms with Crippen molar-refractivity contribution in [3.8, 4) is 0 Å². The van der Waals surface area contributed by atoms with E-state index in [9.17, 15) is 29.1 Å². The van der Waals surface area contributed by atoms with Crippen molar-refractivity contribution in [3.63, 3.8) is 0 Å². The smallest absolute Gasteiger partial charge is 0.326 e. The zero-order valence-corrected chi connectivity index (χ0v) is 20.6. The number of rotatable bonds is 17. The predicted octanol–water partition coefficient (Wildman–Crippen LogP) is -1.05. The second-order valence-corrected chi connectivity index (χ2v) is 8.89. The molecule has 0 aliphatic rings. The largest absolute Gasteiger partial charge is 0.480 e. The van der Waals surface area contributed by atoms with Crippen LogP contribution in [0.15, 0.2) is 0 Å². The number of aliphatic carboxylic acids is 1. The lowest BCUT2D eigenvalue weighted by molar-refractivity contribution is -0.143. The van der Waals surface area contributed by atoms with Crippen molar-refractivity contribution in [1.82, 2.24) is 16.0 Å². The van der Waals surface area contributed by atoms with Crippen LogP contribution in [-0.4, -0.2) is 65.4 Å². The molecule has 0 rings (SSSR count). The number of carbonyl (C=O) groups is 5. The van der Waals surface area contributed by atoms with E-state index < -0.39 is 59.7 Å². The molecular weight excluding hydrogens is 444 g/mol. The van der Waals surface area contributed by atoms with Crippen LogP contribution < -0.4 is 33.2 Å². The summed E-state index contributed by atoms with van der Waals surface area (Å²) in [5.41, 5.74) is 16.7. The van der Waals surface area contributed by atoms with Crippen LogP contribution in [0.4, 0.5) is 0 Å². The van der Waals surface area contributed by atoms with Crippen LogP contribution in [0.25, 0.3) is 0 Å². The Bertz CT molecular complexity index is 701. The predicted molar refractivity (Wildman–Crippen MR) is 127 cm³/mol. The van der Waals surface area contributed by atoms with E-state index in [1.807, 2.05) is 13.8 Å². The highest BCUT2D eigenvalue weighted by Crippen LogP contribution is 2.09. The number of hydrogen-bond acceptors (Lipinski definition) is 7. The second-order valence-electron chi connectivity index (χ2n) is 8.89. The van der Waals surface area contributed by atoms with Crippen LogP contribution >= 0.6 is 0 Å². The van der Waals surface area contributed by atoms with Crippen LogP contribution in [0.5, 0.6) is 0 Å². The summed E-state index contributed by atoms with van der Waals surface area (Å²) in [6, 6.07) is -4.21. The van der Waals surface area contributed by atoms with Gasteiger partial charge in [-0.15, -0.1) is 0 Å². The molecule has 0 aromatic carbocycles. The number of amides is 4. The maximum absolute atomic E-state index is 13.0. The molecule has 5 unspecified atom stereocenters. The minimum absolute atomic E-state index is 0.106. The van der Waals surface area contributed by atoms with E-state index >= 15 is 0 Å². The molecule has 12 nitrogen and oxygen atoms in total. The summed E-state index contributed by atoms with van der Waals surface area (Å²) in [6.45, 7) is 7.38. The van der Waals surface area contributed by atoms with Gasteiger partial charge in [0.05, 0.1) is 6.04 Å². The van der Waals surface area contributed by atoms with Gasteiger partial charge in [-0.2, -0.15) is 0 Å². The van der Waals surface area contributed by atoms with E-state index in [2.05, 4.69) is 16.0 Å². The van der Waals surface area contributed by atoms with Gasteiger partial charge in [0.25, 0.3) is 0 Å². The Morgan fingerprint density at radius 3 is 1.85 bits per heavy atom. The zero-order chi connectivity index (χ0) is 26.4. The second kappa shape index (κ2) is 16.0. The summed E-state index contributed by atoms with van der Waals surface area (Å²) in [5.74, 6) is -4.34. The quantitative estimate of drug-likeness (QED) is 0.125. The van der Waals surface area contributed by atoms with Gasteiger partial charge in [0.1, 0.15) is 18.1 Å². The molecule has 10 N–H and O–H groups in total. The molecule has 0 aliphatic carbocycles. The van der Waals surface area contributed by atoms with E-state index in [1.165, 1.54) is 0 Å². The normalized spacial score (nSPS) is 15.5. The first kappa shape index (κ1) is 31.3. The molecule has 0 aromatic heterocycles. The van der Waals surface area contributed by atoms with Crippen molar-refractivity contribution in [2.75, 3.05) is 6.54 Å². The summed E-state index contributed by atoms with van der Waals surface area (Å²) in [6.07, 6.45) is 1.76. The standard InChI is InChI=1S/C22H42N6O6/c1-5-13(4)17(25)21(32)27-14(8-6-7-11-23)19(30)26-15(9-10-16(24)29)20(31)28-18(12(2)3)22(33)34/h12-15,17-18H,5-11,23,25H2,1-4H3,(H2,24,29)(H,26,30)(H,27,32)(H,28,31)(H,33,34). The first-order valence-corrected chi connectivity index (χ1v) is 11.7. The van der Waals surface area contributed by atoms with Gasteiger partial charge in [-0.25, -0.2) is 4.79 Å². The molecule has 196 valence electrons. The van der Waals surface area contributed by atoms with E-state index in [4.69, 9.17) is 17.2 Å². The molecule has 5 atom stereocenters. The van der Waals surface area contributed by atoms with Crippen molar-refractivity contribution < 1.29 is 29.1 Å². The van der Waals surface area contributed by atoms with Crippen LogP contribution in [-0.2, 0) is 24.0 Å². The Morgan fingerprint density at radius 1 is 0.853 bits per heavy atom. The lowest BCUT2D eigenvalue weighted by Gasteiger charge is -2.26. The van der Waals surface area contributed by atoms with Gasteiger partial charge >= 0.3 is 5.97 Å². The first-order chi connectivity index (χ1) is 15.8. The third-order valence-electron chi connectivity index (χ3n) is 5.68. The maximum Gasteiger partial charge on any atom is 0.326 e. The fourth-order valence-electron chi connectivity index (χ4n) is 3.14. The Morgan fingerprint density at radius 2 is 1.38 bits per heavy atom. The number of carboxylic acid groups (broad SMARTS) is 1. The summed E-state index contributed by atoms with van der Waals surface area (Å²) in [5, 5.41) is 16.9. The van der Waals surface area contributed by atoms with Crippen LogP contribution in [0.3, 0.4) is 0 Å². The average molecular weight is 487 g/mol. The highest BCUT2D eigenvalue weighted by atomic mass is 16.4. The molecular formula is C22H42N6O6. The summed E-state index contributed by atoms with van der Waals surface area (Å²) < 4.78 is 0. The highest BCUT2D eigenvalue weighted by molar-refractivity contribution is 5.94. The topological polar surface area (TPSA) is 220 Å². The third-order valence-corrected chi connectivity index (χ3v) is 5.68. The first-order valence-electron chi connectivity index (χ1n) is 11.7. The fraction of sp³-hybridized carbons (Fsp3) is 0.773. The molecule has 34 heavy (non-hydrogen) atoms. The molecule has 0 bridgehead atoms. The number of carbonyl (C=O) groups excluding carboxylic acids is 4. The Balaban J connectivity index is 5.60. The molecule has 0 spiro atoms. The number of nitrogens with two attached hydrogens (primary N) is 3. The van der Waals surface area contributed by atoms with Gasteiger partial charge in [-0.1, -0.05) is 34.1 Å². The Kier molecular flexibility index (Phi) is 14.7. The SMILES string of the molecule is CCC(C)C(N)C(=O)NC(CCCCN)C(=O)NC(CCC(N)=O)C(=O)NC(C(=O)O)C(C)C.